The Morgan fingerprint density at radius 3 is 2.67 bits per heavy atom. The van der Waals surface area contributed by atoms with Crippen molar-refractivity contribution < 1.29 is 19.4 Å². The molecule has 128 valence electrons. The van der Waals surface area contributed by atoms with Gasteiger partial charge in [-0.25, -0.2) is 4.79 Å². The molecule has 1 N–H and O–H groups in total. The van der Waals surface area contributed by atoms with Crippen LogP contribution in [-0.2, 0) is 9.59 Å². The number of hydrogen-bond acceptors (Lipinski definition) is 5. The van der Waals surface area contributed by atoms with Gasteiger partial charge in [0.1, 0.15) is 16.1 Å². The van der Waals surface area contributed by atoms with Gasteiger partial charge in [0, 0.05) is 0 Å². The second kappa shape index (κ2) is 8.30. The molecule has 0 spiro atoms. The second-order valence-corrected chi connectivity index (χ2v) is 7.01. The molecule has 1 heterocycles. The van der Waals surface area contributed by atoms with Gasteiger partial charge in [-0.3, -0.25) is 9.69 Å². The normalized spacial score (nSPS) is 17.4. The number of carboxylic acids is 1. The lowest BCUT2D eigenvalue weighted by molar-refractivity contribution is -0.144. The summed E-state index contributed by atoms with van der Waals surface area (Å²) >= 11 is 6.25. The van der Waals surface area contributed by atoms with E-state index in [1.165, 1.54) is 6.92 Å². The van der Waals surface area contributed by atoms with Gasteiger partial charge in [-0.05, 0) is 37.1 Å². The molecule has 1 aliphatic rings. The van der Waals surface area contributed by atoms with Gasteiger partial charge < -0.3 is 9.84 Å². The molecular weight excluding hydrogens is 346 g/mol. The van der Waals surface area contributed by atoms with Crippen LogP contribution < -0.4 is 4.74 Å². The number of nitrogens with zero attached hydrogens (tertiary/aromatic N) is 1. The number of amides is 1. The van der Waals surface area contributed by atoms with Crippen molar-refractivity contribution in [2.45, 2.75) is 32.7 Å². The Morgan fingerprint density at radius 2 is 2.08 bits per heavy atom. The maximum Gasteiger partial charge on any atom is 0.326 e. The van der Waals surface area contributed by atoms with E-state index in [2.05, 4.69) is 6.92 Å². The largest absolute Gasteiger partial charge is 0.494 e. The summed E-state index contributed by atoms with van der Waals surface area (Å²) < 4.78 is 5.86. The lowest BCUT2D eigenvalue weighted by Gasteiger charge is -2.18. The summed E-state index contributed by atoms with van der Waals surface area (Å²) in [6, 6.07) is 6.44. The molecule has 1 amide bonds. The van der Waals surface area contributed by atoms with Gasteiger partial charge in [-0.15, -0.1) is 0 Å². The van der Waals surface area contributed by atoms with Crippen molar-refractivity contribution in [1.82, 2.24) is 4.90 Å². The standard InChI is InChI=1S/C17H19NO4S2/c1-3-4-9-22-13-7-5-12(6-8-13)10-14-15(19)18(17(23)24-14)11(2)16(20)21/h5-8,10-11H,3-4,9H2,1-2H3,(H,20,21)/b14-10-/t11-/m1/s1. The van der Waals surface area contributed by atoms with E-state index in [4.69, 9.17) is 22.1 Å². The lowest BCUT2D eigenvalue weighted by atomic mass is 10.2. The molecule has 0 aromatic heterocycles. The Balaban J connectivity index is 2.10. The molecule has 0 saturated carbocycles. The summed E-state index contributed by atoms with van der Waals surface area (Å²) in [6.07, 6.45) is 3.80. The molecule has 1 saturated heterocycles. The van der Waals surface area contributed by atoms with Crippen LogP contribution in [0.25, 0.3) is 6.08 Å². The highest BCUT2D eigenvalue weighted by Crippen LogP contribution is 2.34. The fourth-order valence-electron chi connectivity index (χ4n) is 2.07. The summed E-state index contributed by atoms with van der Waals surface area (Å²) in [5.74, 6) is -0.669. The number of ether oxygens (including phenoxy) is 1. The summed E-state index contributed by atoms with van der Waals surface area (Å²) in [6.45, 7) is 4.23. The molecule has 1 aliphatic heterocycles. The van der Waals surface area contributed by atoms with E-state index in [9.17, 15) is 9.59 Å². The molecule has 0 radical (unpaired) electrons. The van der Waals surface area contributed by atoms with E-state index in [0.29, 0.717) is 11.5 Å². The number of aliphatic carboxylic acids is 1. The van der Waals surface area contributed by atoms with Crippen LogP contribution in [0.2, 0.25) is 0 Å². The van der Waals surface area contributed by atoms with E-state index in [-0.39, 0.29) is 10.2 Å². The number of rotatable bonds is 7. The number of carbonyl (C=O) groups is 2. The zero-order valence-corrected chi connectivity index (χ0v) is 15.2. The van der Waals surface area contributed by atoms with Crippen molar-refractivity contribution in [2.75, 3.05) is 6.61 Å². The minimum Gasteiger partial charge on any atom is -0.494 e. The molecule has 1 atom stereocenters. The van der Waals surface area contributed by atoms with Crippen molar-refractivity contribution in [3.8, 4) is 5.75 Å². The van der Waals surface area contributed by atoms with Crippen LogP contribution >= 0.6 is 24.0 Å². The van der Waals surface area contributed by atoms with Crippen molar-refractivity contribution in [1.29, 1.82) is 0 Å². The topological polar surface area (TPSA) is 66.8 Å². The quantitative estimate of drug-likeness (QED) is 0.453. The Kier molecular flexibility index (Phi) is 6.39. The third-order valence-corrected chi connectivity index (χ3v) is 4.84. The molecule has 0 unspecified atom stereocenters. The van der Waals surface area contributed by atoms with E-state index < -0.39 is 12.0 Å². The zero-order valence-electron chi connectivity index (χ0n) is 13.5. The molecular formula is C17H19NO4S2. The fourth-order valence-corrected chi connectivity index (χ4v) is 3.49. The van der Waals surface area contributed by atoms with E-state index in [1.54, 1.807) is 6.08 Å². The third-order valence-electron chi connectivity index (χ3n) is 3.51. The molecule has 7 heteroatoms. The van der Waals surface area contributed by atoms with Gasteiger partial charge in [-0.2, -0.15) is 0 Å². The van der Waals surface area contributed by atoms with Crippen molar-refractivity contribution in [3.63, 3.8) is 0 Å². The second-order valence-electron chi connectivity index (χ2n) is 5.34. The lowest BCUT2D eigenvalue weighted by Crippen LogP contribution is -2.41. The Morgan fingerprint density at radius 1 is 1.42 bits per heavy atom. The molecule has 0 bridgehead atoms. The molecule has 24 heavy (non-hydrogen) atoms. The maximum absolute atomic E-state index is 12.4. The predicted octanol–water partition coefficient (Wildman–Crippen LogP) is 3.54. The first-order valence-corrected chi connectivity index (χ1v) is 8.89. The summed E-state index contributed by atoms with van der Waals surface area (Å²) in [7, 11) is 0. The number of carboxylic acid groups (broad SMARTS) is 1. The zero-order chi connectivity index (χ0) is 17.7. The molecule has 2 rings (SSSR count). The number of unbranched alkanes of at least 4 members (excludes halogenated alkanes) is 1. The van der Waals surface area contributed by atoms with Gasteiger partial charge in [-0.1, -0.05) is 49.5 Å². The highest BCUT2D eigenvalue weighted by Gasteiger charge is 2.38. The fraction of sp³-hybridized carbons (Fsp3) is 0.353. The van der Waals surface area contributed by atoms with Crippen LogP contribution in [0.1, 0.15) is 32.3 Å². The van der Waals surface area contributed by atoms with Gasteiger partial charge >= 0.3 is 5.97 Å². The minimum atomic E-state index is -1.08. The predicted molar refractivity (Wildman–Crippen MR) is 99.0 cm³/mol. The van der Waals surface area contributed by atoms with Gasteiger partial charge in [0.2, 0.25) is 0 Å². The van der Waals surface area contributed by atoms with Crippen LogP contribution in [-0.4, -0.2) is 38.9 Å². The molecule has 1 fully saturated rings. The van der Waals surface area contributed by atoms with Crippen LogP contribution in [0, 0.1) is 0 Å². The Hall–Kier alpha value is -1.86. The number of hydrogen-bond donors (Lipinski definition) is 1. The Bertz CT molecular complexity index is 670. The number of benzene rings is 1. The third kappa shape index (κ3) is 4.36. The SMILES string of the molecule is CCCCOc1ccc(/C=C2\SC(=S)N([C@H](C)C(=O)O)C2=O)cc1. The molecule has 1 aromatic rings. The minimum absolute atomic E-state index is 0.265. The number of carbonyl (C=O) groups excluding carboxylic acids is 1. The van der Waals surface area contributed by atoms with Crippen LogP contribution in [0.15, 0.2) is 29.2 Å². The number of thioether (sulfide) groups is 1. The van der Waals surface area contributed by atoms with Crippen LogP contribution in [0.4, 0.5) is 0 Å². The maximum atomic E-state index is 12.4. The first kappa shape index (κ1) is 18.5. The van der Waals surface area contributed by atoms with Crippen LogP contribution in [0.3, 0.4) is 0 Å². The first-order chi connectivity index (χ1) is 11.4. The highest BCUT2D eigenvalue weighted by molar-refractivity contribution is 8.26. The first-order valence-electron chi connectivity index (χ1n) is 7.66. The van der Waals surface area contributed by atoms with Gasteiger partial charge in [0.25, 0.3) is 5.91 Å². The van der Waals surface area contributed by atoms with Crippen molar-refractivity contribution >= 4 is 46.3 Å². The van der Waals surface area contributed by atoms with E-state index in [1.807, 2.05) is 24.3 Å². The summed E-state index contributed by atoms with van der Waals surface area (Å²) in [4.78, 5) is 25.0. The Labute approximate surface area is 150 Å². The van der Waals surface area contributed by atoms with Crippen molar-refractivity contribution in [3.05, 3.63) is 34.7 Å². The van der Waals surface area contributed by atoms with Gasteiger partial charge in [0.15, 0.2) is 0 Å². The van der Waals surface area contributed by atoms with Crippen LogP contribution in [0.5, 0.6) is 5.75 Å². The van der Waals surface area contributed by atoms with E-state index in [0.717, 1.165) is 40.8 Å². The highest BCUT2D eigenvalue weighted by atomic mass is 32.2. The monoisotopic (exact) mass is 365 g/mol. The van der Waals surface area contributed by atoms with Gasteiger partial charge in [0.05, 0.1) is 11.5 Å². The smallest absolute Gasteiger partial charge is 0.326 e. The van der Waals surface area contributed by atoms with E-state index >= 15 is 0 Å². The summed E-state index contributed by atoms with van der Waals surface area (Å²) in [5.41, 5.74) is 0.835. The average molecular weight is 365 g/mol. The molecule has 5 nitrogen and oxygen atoms in total. The number of thiocarbonyl (C=S) groups is 1. The average Bonchev–Trinajstić information content (AvgIpc) is 2.82. The molecule has 1 aromatic carbocycles. The van der Waals surface area contributed by atoms with Crippen molar-refractivity contribution in [2.24, 2.45) is 0 Å². The molecule has 0 aliphatic carbocycles. The summed E-state index contributed by atoms with van der Waals surface area (Å²) in [5, 5.41) is 9.08.